The average Bonchev–Trinajstić information content (AvgIpc) is 2.82. The van der Waals surface area contributed by atoms with Gasteiger partial charge in [-0.15, -0.1) is 0 Å². The fourth-order valence-electron chi connectivity index (χ4n) is 2.69. The van der Waals surface area contributed by atoms with Gasteiger partial charge in [0.15, 0.2) is 0 Å². The number of aromatic nitrogens is 2. The third-order valence-corrected chi connectivity index (χ3v) is 5.16. The smallest absolute Gasteiger partial charge is 0.251 e. The van der Waals surface area contributed by atoms with Crippen molar-refractivity contribution in [1.82, 2.24) is 15.1 Å². The molecular formula is C17H24N4O3S. The van der Waals surface area contributed by atoms with Crippen molar-refractivity contribution in [2.24, 2.45) is 5.14 Å². The molecule has 136 valence electrons. The van der Waals surface area contributed by atoms with Gasteiger partial charge in [-0.05, 0) is 63.4 Å². The normalized spacial score (nSPS) is 11.6. The van der Waals surface area contributed by atoms with Crippen molar-refractivity contribution in [1.29, 1.82) is 0 Å². The van der Waals surface area contributed by atoms with Crippen LogP contribution in [0.3, 0.4) is 0 Å². The van der Waals surface area contributed by atoms with E-state index in [1.807, 2.05) is 24.6 Å². The number of amides is 1. The quantitative estimate of drug-likeness (QED) is 0.759. The van der Waals surface area contributed by atoms with Gasteiger partial charge in [0.1, 0.15) is 0 Å². The van der Waals surface area contributed by atoms with E-state index in [0.717, 1.165) is 17.8 Å². The molecule has 1 heterocycles. The van der Waals surface area contributed by atoms with Crippen LogP contribution in [0.5, 0.6) is 0 Å². The zero-order valence-electron chi connectivity index (χ0n) is 15.0. The molecule has 7 nitrogen and oxygen atoms in total. The molecule has 0 radical (unpaired) electrons. The molecule has 0 saturated heterocycles. The number of benzene rings is 1. The number of sulfonamides is 1. The SMILES string of the molecule is Cc1cc(C)n(CCCNC(=O)c2cc(C)c(C)c(S(N)(=O)=O)c2)n1. The number of nitrogens with two attached hydrogens (primary N) is 1. The highest BCUT2D eigenvalue weighted by Crippen LogP contribution is 2.20. The third kappa shape index (κ3) is 4.67. The van der Waals surface area contributed by atoms with E-state index in [9.17, 15) is 13.2 Å². The van der Waals surface area contributed by atoms with Crippen LogP contribution in [0.4, 0.5) is 0 Å². The largest absolute Gasteiger partial charge is 0.352 e. The van der Waals surface area contributed by atoms with Crippen LogP contribution in [0.25, 0.3) is 0 Å². The summed E-state index contributed by atoms with van der Waals surface area (Å²) in [6.07, 6.45) is 0.723. The molecule has 1 amide bonds. The van der Waals surface area contributed by atoms with E-state index in [1.54, 1.807) is 19.9 Å². The number of nitrogens with one attached hydrogen (secondary N) is 1. The lowest BCUT2D eigenvalue weighted by molar-refractivity contribution is 0.0952. The van der Waals surface area contributed by atoms with E-state index in [0.29, 0.717) is 29.8 Å². The number of hydrogen-bond acceptors (Lipinski definition) is 4. The highest BCUT2D eigenvalue weighted by molar-refractivity contribution is 7.89. The number of aryl methyl sites for hydroxylation is 4. The number of hydrogen-bond donors (Lipinski definition) is 2. The van der Waals surface area contributed by atoms with E-state index in [4.69, 9.17) is 5.14 Å². The Balaban J connectivity index is 2.01. The molecule has 3 N–H and O–H groups in total. The van der Waals surface area contributed by atoms with Crippen LogP contribution in [0.15, 0.2) is 23.1 Å². The van der Waals surface area contributed by atoms with Gasteiger partial charge in [-0.3, -0.25) is 9.48 Å². The van der Waals surface area contributed by atoms with Crippen LogP contribution >= 0.6 is 0 Å². The monoisotopic (exact) mass is 364 g/mol. The Hall–Kier alpha value is -2.19. The van der Waals surface area contributed by atoms with E-state index in [2.05, 4.69) is 10.4 Å². The lowest BCUT2D eigenvalue weighted by Gasteiger charge is -2.11. The van der Waals surface area contributed by atoms with Crippen LogP contribution < -0.4 is 10.5 Å². The van der Waals surface area contributed by atoms with Crippen LogP contribution in [0, 0.1) is 27.7 Å². The number of primary sulfonamides is 1. The van der Waals surface area contributed by atoms with Gasteiger partial charge in [-0.1, -0.05) is 0 Å². The van der Waals surface area contributed by atoms with Crippen molar-refractivity contribution in [2.45, 2.75) is 45.6 Å². The summed E-state index contributed by atoms with van der Waals surface area (Å²) in [7, 11) is -3.87. The van der Waals surface area contributed by atoms with Crippen LogP contribution in [0.1, 0.15) is 39.3 Å². The summed E-state index contributed by atoms with van der Waals surface area (Å²) in [5, 5.41) is 12.4. The second-order valence-corrected chi connectivity index (χ2v) is 7.75. The van der Waals surface area contributed by atoms with E-state index in [1.165, 1.54) is 6.07 Å². The minimum atomic E-state index is -3.87. The van der Waals surface area contributed by atoms with Crippen LogP contribution in [0.2, 0.25) is 0 Å². The molecule has 0 unspecified atom stereocenters. The molecule has 0 aliphatic rings. The number of rotatable bonds is 6. The molecule has 25 heavy (non-hydrogen) atoms. The van der Waals surface area contributed by atoms with Crippen molar-refractivity contribution in [3.05, 3.63) is 46.3 Å². The zero-order valence-corrected chi connectivity index (χ0v) is 15.8. The maximum Gasteiger partial charge on any atom is 0.251 e. The minimum Gasteiger partial charge on any atom is -0.352 e. The van der Waals surface area contributed by atoms with E-state index < -0.39 is 10.0 Å². The highest BCUT2D eigenvalue weighted by atomic mass is 32.2. The number of carbonyl (C=O) groups excluding carboxylic acids is 1. The van der Waals surface area contributed by atoms with Crippen molar-refractivity contribution in [3.8, 4) is 0 Å². The van der Waals surface area contributed by atoms with Crippen LogP contribution in [-0.2, 0) is 16.6 Å². The minimum absolute atomic E-state index is 0.0136. The molecule has 8 heteroatoms. The van der Waals surface area contributed by atoms with Crippen molar-refractivity contribution >= 4 is 15.9 Å². The van der Waals surface area contributed by atoms with Gasteiger partial charge < -0.3 is 5.32 Å². The summed E-state index contributed by atoms with van der Waals surface area (Å²) in [6.45, 7) is 8.52. The summed E-state index contributed by atoms with van der Waals surface area (Å²) in [5.74, 6) is -0.318. The molecule has 0 aliphatic heterocycles. The Morgan fingerprint density at radius 2 is 1.88 bits per heavy atom. The maximum absolute atomic E-state index is 12.3. The Labute approximate surface area is 148 Å². The lowest BCUT2D eigenvalue weighted by Crippen LogP contribution is -2.26. The van der Waals surface area contributed by atoms with E-state index in [-0.39, 0.29) is 10.8 Å². The first kappa shape index (κ1) is 19.1. The maximum atomic E-state index is 12.3. The fourth-order valence-corrected chi connectivity index (χ4v) is 3.57. The zero-order chi connectivity index (χ0) is 18.8. The summed E-state index contributed by atoms with van der Waals surface area (Å²) in [6, 6.07) is 5.00. The molecule has 2 aromatic rings. The van der Waals surface area contributed by atoms with Crippen molar-refractivity contribution in [2.75, 3.05) is 6.54 Å². The molecule has 1 aromatic carbocycles. The second kappa shape index (κ2) is 7.37. The highest BCUT2D eigenvalue weighted by Gasteiger charge is 2.17. The van der Waals surface area contributed by atoms with Gasteiger partial charge in [0.25, 0.3) is 5.91 Å². The summed E-state index contributed by atoms with van der Waals surface area (Å²) < 4.78 is 25.2. The summed E-state index contributed by atoms with van der Waals surface area (Å²) in [4.78, 5) is 12.3. The average molecular weight is 364 g/mol. The molecule has 0 aliphatic carbocycles. The van der Waals surface area contributed by atoms with Gasteiger partial charge in [0, 0.05) is 24.3 Å². The molecule has 0 saturated carbocycles. The Morgan fingerprint density at radius 3 is 2.44 bits per heavy atom. The molecular weight excluding hydrogens is 340 g/mol. The summed E-state index contributed by atoms with van der Waals surface area (Å²) in [5.41, 5.74) is 3.60. The van der Waals surface area contributed by atoms with Crippen LogP contribution in [-0.4, -0.2) is 30.7 Å². The predicted octanol–water partition coefficient (Wildman–Crippen LogP) is 1.58. The first-order valence-corrected chi connectivity index (χ1v) is 9.57. The van der Waals surface area contributed by atoms with Gasteiger partial charge >= 0.3 is 0 Å². The fraction of sp³-hybridized carbons (Fsp3) is 0.412. The standard InChI is InChI=1S/C17H24N4O3S/c1-11-8-15(10-16(14(11)4)25(18,23)24)17(22)19-6-5-7-21-13(3)9-12(2)20-21/h8-10H,5-7H2,1-4H3,(H,19,22)(H2,18,23,24). The Bertz CT molecular complexity index is 901. The topological polar surface area (TPSA) is 107 Å². The molecule has 1 aromatic heterocycles. The summed E-state index contributed by atoms with van der Waals surface area (Å²) >= 11 is 0. The first-order chi connectivity index (χ1) is 11.6. The van der Waals surface area contributed by atoms with Gasteiger partial charge in [-0.25, -0.2) is 13.6 Å². The van der Waals surface area contributed by atoms with Gasteiger partial charge in [-0.2, -0.15) is 5.10 Å². The van der Waals surface area contributed by atoms with Gasteiger partial charge in [0.05, 0.1) is 10.6 Å². The predicted molar refractivity (Wildman–Crippen MR) is 95.9 cm³/mol. The lowest BCUT2D eigenvalue weighted by atomic mass is 10.1. The second-order valence-electron chi connectivity index (χ2n) is 6.22. The Kier molecular flexibility index (Phi) is 5.64. The van der Waals surface area contributed by atoms with Crippen molar-refractivity contribution in [3.63, 3.8) is 0 Å². The molecule has 0 spiro atoms. The van der Waals surface area contributed by atoms with Crippen molar-refractivity contribution < 1.29 is 13.2 Å². The third-order valence-electron chi connectivity index (χ3n) is 4.12. The Morgan fingerprint density at radius 1 is 1.20 bits per heavy atom. The number of nitrogens with zero attached hydrogens (tertiary/aromatic N) is 2. The molecule has 0 atom stereocenters. The molecule has 0 bridgehead atoms. The van der Waals surface area contributed by atoms with E-state index >= 15 is 0 Å². The molecule has 2 rings (SSSR count). The molecule has 0 fully saturated rings. The van der Waals surface area contributed by atoms with Gasteiger partial charge in [0.2, 0.25) is 10.0 Å². The first-order valence-electron chi connectivity index (χ1n) is 8.03. The number of carbonyl (C=O) groups is 1.